The van der Waals surface area contributed by atoms with E-state index in [1.165, 1.54) is 6.07 Å². The van der Waals surface area contributed by atoms with Crippen molar-refractivity contribution < 1.29 is 9.18 Å². The third-order valence-corrected chi connectivity index (χ3v) is 3.25. The average molecular weight is 262 g/mol. The summed E-state index contributed by atoms with van der Waals surface area (Å²) in [5.41, 5.74) is 0.445. The number of hydrogen-bond donors (Lipinski definition) is 1. The zero-order chi connectivity index (χ0) is 11.8. The lowest BCUT2D eigenvalue weighted by atomic mass is 10.0. The molecule has 0 aromatic heterocycles. The van der Waals surface area contributed by atoms with E-state index in [0.29, 0.717) is 0 Å². The summed E-state index contributed by atoms with van der Waals surface area (Å²) in [6.45, 7) is 0. The van der Waals surface area contributed by atoms with Crippen molar-refractivity contribution in [3.63, 3.8) is 0 Å². The van der Waals surface area contributed by atoms with E-state index in [1.54, 1.807) is 12.1 Å². The van der Waals surface area contributed by atoms with Crippen molar-refractivity contribution >= 4 is 29.1 Å². The summed E-state index contributed by atoms with van der Waals surface area (Å²) < 4.78 is 13.0. The number of benzene rings is 1. The lowest BCUT2D eigenvalue weighted by molar-refractivity contribution is -0.119. The smallest absolute Gasteiger partial charge is 0.235 e. The Morgan fingerprint density at radius 3 is 2.69 bits per heavy atom. The second-order valence-electron chi connectivity index (χ2n) is 3.89. The van der Waals surface area contributed by atoms with E-state index in [-0.39, 0.29) is 22.3 Å². The molecular weight excluding hydrogens is 252 g/mol. The molecule has 1 N–H and O–H groups in total. The number of amides is 1. The van der Waals surface area contributed by atoms with Crippen LogP contribution in [0.4, 0.5) is 4.39 Å². The Kier molecular flexibility index (Phi) is 3.08. The van der Waals surface area contributed by atoms with E-state index in [1.807, 2.05) is 0 Å². The van der Waals surface area contributed by atoms with Crippen molar-refractivity contribution in [2.45, 2.75) is 18.4 Å². The standard InChI is InChI=1S/C11H10Cl2FNO/c12-6-10(16)15-11(3-4-11)7-1-2-9(14)8(13)5-7/h1-2,5H,3-4,6H2,(H,15,16). The van der Waals surface area contributed by atoms with E-state index in [2.05, 4.69) is 5.32 Å². The Morgan fingerprint density at radius 1 is 1.50 bits per heavy atom. The largest absolute Gasteiger partial charge is 0.346 e. The van der Waals surface area contributed by atoms with Gasteiger partial charge in [0.05, 0.1) is 10.6 Å². The van der Waals surface area contributed by atoms with Crippen LogP contribution in [0.3, 0.4) is 0 Å². The van der Waals surface area contributed by atoms with Crippen LogP contribution in [0.15, 0.2) is 18.2 Å². The molecule has 1 amide bonds. The van der Waals surface area contributed by atoms with Gasteiger partial charge in [-0.3, -0.25) is 4.79 Å². The third kappa shape index (κ3) is 2.15. The molecule has 0 saturated heterocycles. The number of halogens is 3. The van der Waals surface area contributed by atoms with Crippen molar-refractivity contribution in [1.82, 2.24) is 5.32 Å². The van der Waals surface area contributed by atoms with E-state index in [4.69, 9.17) is 23.2 Å². The highest BCUT2D eigenvalue weighted by Gasteiger charge is 2.45. The van der Waals surface area contributed by atoms with Gasteiger partial charge in [0.15, 0.2) is 0 Å². The molecule has 0 aliphatic heterocycles. The van der Waals surface area contributed by atoms with Gasteiger partial charge in [0.25, 0.3) is 0 Å². The number of carbonyl (C=O) groups excluding carboxylic acids is 1. The third-order valence-electron chi connectivity index (χ3n) is 2.72. The molecule has 5 heteroatoms. The SMILES string of the molecule is O=C(CCl)NC1(c2ccc(F)c(Cl)c2)CC1. The fourth-order valence-corrected chi connectivity index (χ4v) is 1.95. The predicted octanol–water partition coefficient (Wildman–Crippen LogP) is 2.82. The van der Waals surface area contributed by atoms with Gasteiger partial charge in [-0.25, -0.2) is 4.39 Å². The summed E-state index contributed by atoms with van der Waals surface area (Å²) in [6, 6.07) is 4.51. The maximum Gasteiger partial charge on any atom is 0.235 e. The van der Waals surface area contributed by atoms with Crippen molar-refractivity contribution in [2.75, 3.05) is 5.88 Å². The minimum absolute atomic E-state index is 0.0727. The summed E-state index contributed by atoms with van der Waals surface area (Å²) in [5.74, 6) is -0.749. The number of alkyl halides is 1. The second kappa shape index (κ2) is 4.22. The summed E-state index contributed by atoms with van der Waals surface area (Å²) in [6.07, 6.45) is 1.66. The van der Waals surface area contributed by atoms with Gasteiger partial charge in [-0.1, -0.05) is 17.7 Å². The molecule has 2 nitrogen and oxygen atoms in total. The van der Waals surface area contributed by atoms with Crippen LogP contribution in [0, 0.1) is 5.82 Å². The van der Waals surface area contributed by atoms with Crippen molar-refractivity contribution in [1.29, 1.82) is 0 Å². The maximum absolute atomic E-state index is 13.0. The zero-order valence-electron chi connectivity index (χ0n) is 8.40. The number of nitrogens with one attached hydrogen (secondary N) is 1. The number of hydrogen-bond acceptors (Lipinski definition) is 1. The molecule has 1 aliphatic carbocycles. The Labute approximate surface area is 103 Å². The molecule has 1 saturated carbocycles. The van der Waals surface area contributed by atoms with Gasteiger partial charge in [-0.15, -0.1) is 11.6 Å². The van der Waals surface area contributed by atoms with Gasteiger partial charge >= 0.3 is 0 Å². The molecule has 0 radical (unpaired) electrons. The molecule has 1 aromatic rings. The van der Waals surface area contributed by atoms with Crippen molar-refractivity contribution in [2.24, 2.45) is 0 Å². The fourth-order valence-electron chi connectivity index (χ4n) is 1.70. The van der Waals surface area contributed by atoms with Crippen LogP contribution in [0.1, 0.15) is 18.4 Å². The first kappa shape index (κ1) is 11.7. The van der Waals surface area contributed by atoms with Gasteiger partial charge in [0, 0.05) is 0 Å². The van der Waals surface area contributed by atoms with Crippen molar-refractivity contribution in [3.05, 3.63) is 34.6 Å². The molecule has 0 spiro atoms. The number of rotatable bonds is 3. The second-order valence-corrected chi connectivity index (χ2v) is 4.57. The van der Waals surface area contributed by atoms with E-state index in [0.717, 1.165) is 18.4 Å². The fraction of sp³-hybridized carbons (Fsp3) is 0.364. The Balaban J connectivity index is 2.23. The van der Waals surface area contributed by atoms with Crippen molar-refractivity contribution in [3.8, 4) is 0 Å². The highest BCUT2D eigenvalue weighted by molar-refractivity contribution is 6.30. The Hall–Kier alpha value is -0.800. The van der Waals surface area contributed by atoms with E-state index < -0.39 is 5.82 Å². The van der Waals surface area contributed by atoms with Crippen LogP contribution in [0.2, 0.25) is 5.02 Å². The number of carbonyl (C=O) groups is 1. The molecular formula is C11H10Cl2FNO. The van der Waals surface area contributed by atoms with Gasteiger partial charge in [-0.05, 0) is 30.5 Å². The van der Waals surface area contributed by atoms with E-state index in [9.17, 15) is 9.18 Å². The van der Waals surface area contributed by atoms with Gasteiger partial charge in [0.2, 0.25) is 5.91 Å². The predicted molar refractivity (Wildman–Crippen MR) is 61.2 cm³/mol. The molecule has 1 fully saturated rings. The van der Waals surface area contributed by atoms with Crippen LogP contribution in [-0.2, 0) is 10.3 Å². The lowest BCUT2D eigenvalue weighted by Gasteiger charge is -2.17. The monoisotopic (exact) mass is 261 g/mol. The summed E-state index contributed by atoms with van der Waals surface area (Å²) in [7, 11) is 0. The van der Waals surface area contributed by atoms with Crippen LogP contribution < -0.4 is 5.32 Å². The Morgan fingerprint density at radius 2 is 2.19 bits per heavy atom. The first-order valence-corrected chi connectivity index (χ1v) is 5.81. The lowest BCUT2D eigenvalue weighted by Crippen LogP contribution is -2.35. The highest BCUT2D eigenvalue weighted by atomic mass is 35.5. The Bertz CT molecular complexity index is 432. The van der Waals surface area contributed by atoms with Gasteiger partial charge in [0.1, 0.15) is 11.7 Å². The minimum Gasteiger partial charge on any atom is -0.346 e. The highest BCUT2D eigenvalue weighted by Crippen LogP contribution is 2.46. The minimum atomic E-state index is -0.454. The van der Waals surface area contributed by atoms with Crippen LogP contribution >= 0.6 is 23.2 Å². The average Bonchev–Trinajstić information content (AvgIpc) is 3.03. The first-order chi connectivity index (χ1) is 7.57. The summed E-state index contributed by atoms with van der Waals surface area (Å²) >= 11 is 11.1. The molecule has 16 heavy (non-hydrogen) atoms. The van der Waals surface area contributed by atoms with Crippen LogP contribution in [0.25, 0.3) is 0 Å². The summed E-state index contributed by atoms with van der Waals surface area (Å²) in [5, 5.41) is 2.90. The molecule has 1 aromatic carbocycles. The molecule has 0 atom stereocenters. The zero-order valence-corrected chi connectivity index (χ0v) is 9.91. The topological polar surface area (TPSA) is 29.1 Å². The summed E-state index contributed by atoms with van der Waals surface area (Å²) in [4.78, 5) is 11.2. The van der Waals surface area contributed by atoms with Crippen LogP contribution in [-0.4, -0.2) is 11.8 Å². The van der Waals surface area contributed by atoms with Crippen LogP contribution in [0.5, 0.6) is 0 Å². The quantitative estimate of drug-likeness (QED) is 0.834. The van der Waals surface area contributed by atoms with Gasteiger partial charge in [-0.2, -0.15) is 0 Å². The molecule has 1 aliphatic rings. The first-order valence-electron chi connectivity index (χ1n) is 4.90. The normalized spacial score (nSPS) is 16.9. The van der Waals surface area contributed by atoms with Gasteiger partial charge < -0.3 is 5.32 Å². The molecule has 0 bridgehead atoms. The maximum atomic E-state index is 13.0. The molecule has 0 heterocycles. The molecule has 0 unspecified atom stereocenters. The molecule has 2 rings (SSSR count). The van der Waals surface area contributed by atoms with E-state index >= 15 is 0 Å². The molecule has 86 valence electrons.